The molecule has 0 saturated carbocycles. The maximum Gasteiger partial charge on any atom is 0.149 e. The van der Waals surface area contributed by atoms with Crippen LogP contribution in [0.1, 0.15) is 6.42 Å². The average Bonchev–Trinajstić information content (AvgIpc) is 2.09. The summed E-state index contributed by atoms with van der Waals surface area (Å²) in [5, 5.41) is 0.410. The van der Waals surface area contributed by atoms with Crippen molar-refractivity contribution in [3.8, 4) is 0 Å². The molecule has 0 spiro atoms. The minimum atomic E-state index is -2.15. The Hall–Kier alpha value is -0.610. The Morgan fingerprint density at radius 2 is 2.14 bits per heavy atom. The Morgan fingerprint density at radius 1 is 1.43 bits per heavy atom. The van der Waals surface area contributed by atoms with Crippen LogP contribution in [0.5, 0.6) is 0 Å². The number of rotatable bonds is 1. The maximum atomic E-state index is 13.2. The zero-order valence-corrected chi connectivity index (χ0v) is 8.95. The van der Waals surface area contributed by atoms with Crippen molar-refractivity contribution in [1.82, 2.24) is 0 Å². The molecule has 1 aromatic rings. The third kappa shape index (κ3) is 1.91. The monoisotopic (exact) mass is 233 g/mol. The normalized spacial score (nSPS) is 18.7. The molecule has 1 heterocycles. The number of hydrogen-bond donors (Lipinski definition) is 0. The van der Waals surface area contributed by atoms with Gasteiger partial charge in [-0.1, -0.05) is 11.6 Å². The number of benzene rings is 1. The molecular weight excluding hydrogens is 225 g/mol. The molecule has 0 bridgehead atoms. The van der Waals surface area contributed by atoms with Gasteiger partial charge in [-0.05, 0) is 24.6 Å². The van der Waals surface area contributed by atoms with E-state index in [-0.39, 0.29) is 5.69 Å². The highest BCUT2D eigenvalue weighted by Crippen LogP contribution is 2.26. The summed E-state index contributed by atoms with van der Waals surface area (Å²) in [6.45, 7) is 0. The summed E-state index contributed by atoms with van der Waals surface area (Å²) in [5.74, 6) is 0.668. The molecule has 14 heavy (non-hydrogen) atoms. The standard InChI is InChI=1S/C9H9ClFNOS/c10-7-2-3-8(11)9(6-7)12-14(13)4-1-5-14/h2-3,6H,1,4-5H2. The topological polar surface area (TPSA) is 29.4 Å². The Balaban J connectivity index is 2.47. The molecule has 0 N–H and O–H groups in total. The van der Waals surface area contributed by atoms with Gasteiger partial charge in [-0.2, -0.15) is 4.36 Å². The summed E-state index contributed by atoms with van der Waals surface area (Å²) in [4.78, 5) is 0. The van der Waals surface area contributed by atoms with Crippen molar-refractivity contribution < 1.29 is 8.60 Å². The van der Waals surface area contributed by atoms with Crippen molar-refractivity contribution in [3.63, 3.8) is 0 Å². The summed E-state index contributed by atoms with van der Waals surface area (Å²) >= 11 is 5.69. The fourth-order valence-electron chi connectivity index (χ4n) is 1.22. The van der Waals surface area contributed by atoms with Gasteiger partial charge in [-0.15, -0.1) is 0 Å². The molecule has 1 aliphatic rings. The zero-order chi connectivity index (χ0) is 10.2. The molecule has 0 aromatic heterocycles. The molecule has 0 radical (unpaired) electrons. The van der Waals surface area contributed by atoms with E-state index in [0.717, 1.165) is 6.42 Å². The highest BCUT2D eigenvalue weighted by atomic mass is 35.5. The van der Waals surface area contributed by atoms with Gasteiger partial charge in [0.25, 0.3) is 0 Å². The van der Waals surface area contributed by atoms with Crippen molar-refractivity contribution in [1.29, 1.82) is 0 Å². The van der Waals surface area contributed by atoms with Crippen LogP contribution in [0.4, 0.5) is 10.1 Å². The fourth-order valence-corrected chi connectivity index (χ4v) is 2.85. The highest BCUT2D eigenvalue weighted by Gasteiger charge is 2.19. The summed E-state index contributed by atoms with van der Waals surface area (Å²) in [7, 11) is -2.15. The summed E-state index contributed by atoms with van der Waals surface area (Å²) in [6, 6.07) is 4.09. The van der Waals surface area contributed by atoms with Crippen molar-refractivity contribution in [2.24, 2.45) is 4.36 Å². The van der Waals surface area contributed by atoms with Crippen LogP contribution < -0.4 is 0 Å². The summed E-state index contributed by atoms with van der Waals surface area (Å²) < 4.78 is 28.8. The van der Waals surface area contributed by atoms with E-state index in [9.17, 15) is 8.60 Å². The van der Waals surface area contributed by atoms with Crippen molar-refractivity contribution >= 4 is 27.0 Å². The second-order valence-corrected chi connectivity index (χ2v) is 6.20. The van der Waals surface area contributed by atoms with Crippen LogP contribution in [0, 0.1) is 5.82 Å². The molecule has 1 aliphatic heterocycles. The van der Waals surface area contributed by atoms with E-state index in [4.69, 9.17) is 11.6 Å². The first-order valence-corrected chi connectivity index (χ1v) is 6.50. The van der Waals surface area contributed by atoms with Gasteiger partial charge in [0.1, 0.15) is 11.5 Å². The first kappa shape index (κ1) is 9.93. The minimum absolute atomic E-state index is 0.113. The zero-order valence-electron chi connectivity index (χ0n) is 7.37. The van der Waals surface area contributed by atoms with Crippen LogP contribution in [0.3, 0.4) is 0 Å². The largest absolute Gasteiger partial charge is 0.249 e. The Bertz CT molecular complexity index is 470. The van der Waals surface area contributed by atoms with E-state index in [1.165, 1.54) is 18.2 Å². The van der Waals surface area contributed by atoms with Gasteiger partial charge in [-0.25, -0.2) is 8.60 Å². The molecule has 1 saturated heterocycles. The summed E-state index contributed by atoms with van der Waals surface area (Å²) in [6.07, 6.45) is 0.907. The lowest BCUT2D eigenvalue weighted by Crippen LogP contribution is -2.23. The molecule has 5 heteroatoms. The van der Waals surface area contributed by atoms with E-state index in [0.29, 0.717) is 16.5 Å². The van der Waals surface area contributed by atoms with Crippen LogP contribution in [-0.4, -0.2) is 15.7 Å². The minimum Gasteiger partial charge on any atom is -0.249 e. The lowest BCUT2D eigenvalue weighted by atomic mass is 10.3. The predicted octanol–water partition coefficient (Wildman–Crippen LogP) is 2.98. The van der Waals surface area contributed by atoms with Gasteiger partial charge < -0.3 is 0 Å². The average molecular weight is 234 g/mol. The van der Waals surface area contributed by atoms with Crippen LogP contribution in [0.15, 0.2) is 22.6 Å². The van der Waals surface area contributed by atoms with Crippen molar-refractivity contribution in [2.75, 3.05) is 11.5 Å². The lowest BCUT2D eigenvalue weighted by Gasteiger charge is -2.17. The van der Waals surface area contributed by atoms with E-state index < -0.39 is 15.5 Å². The van der Waals surface area contributed by atoms with Gasteiger partial charge in [0, 0.05) is 16.5 Å². The van der Waals surface area contributed by atoms with Crippen LogP contribution >= 0.6 is 11.6 Å². The predicted molar refractivity (Wildman–Crippen MR) is 56.0 cm³/mol. The molecule has 0 atom stereocenters. The first-order valence-electron chi connectivity index (χ1n) is 4.27. The quantitative estimate of drug-likeness (QED) is 0.733. The van der Waals surface area contributed by atoms with Crippen molar-refractivity contribution in [3.05, 3.63) is 29.0 Å². The maximum absolute atomic E-state index is 13.2. The lowest BCUT2D eigenvalue weighted by molar-refractivity contribution is 0.628. The highest BCUT2D eigenvalue weighted by molar-refractivity contribution is 7.95. The fraction of sp³-hybridized carbons (Fsp3) is 0.333. The van der Waals surface area contributed by atoms with E-state index in [1.807, 2.05) is 0 Å². The van der Waals surface area contributed by atoms with Gasteiger partial charge in [0.15, 0.2) is 0 Å². The molecule has 0 unspecified atom stereocenters. The van der Waals surface area contributed by atoms with E-state index in [1.54, 1.807) is 0 Å². The molecule has 0 aliphatic carbocycles. The second-order valence-electron chi connectivity index (χ2n) is 3.22. The Kier molecular flexibility index (Phi) is 2.49. The Morgan fingerprint density at radius 3 is 2.71 bits per heavy atom. The van der Waals surface area contributed by atoms with Gasteiger partial charge in [0.05, 0.1) is 9.73 Å². The molecule has 2 rings (SSSR count). The van der Waals surface area contributed by atoms with Gasteiger partial charge >= 0.3 is 0 Å². The van der Waals surface area contributed by atoms with Crippen LogP contribution in [-0.2, 0) is 9.73 Å². The number of hydrogen-bond acceptors (Lipinski definition) is 2. The van der Waals surface area contributed by atoms with Crippen molar-refractivity contribution in [2.45, 2.75) is 6.42 Å². The van der Waals surface area contributed by atoms with Crippen LogP contribution in [0.2, 0.25) is 5.02 Å². The third-order valence-electron chi connectivity index (χ3n) is 2.10. The molecule has 76 valence electrons. The second kappa shape index (κ2) is 3.51. The third-order valence-corrected chi connectivity index (χ3v) is 4.72. The number of halogens is 2. The van der Waals surface area contributed by atoms with Crippen LogP contribution in [0.25, 0.3) is 0 Å². The van der Waals surface area contributed by atoms with E-state index in [2.05, 4.69) is 4.36 Å². The van der Waals surface area contributed by atoms with E-state index >= 15 is 0 Å². The summed E-state index contributed by atoms with van der Waals surface area (Å²) in [5.41, 5.74) is 0.113. The molecule has 2 nitrogen and oxygen atoms in total. The smallest absolute Gasteiger partial charge is 0.149 e. The first-order chi connectivity index (χ1) is 6.59. The SMILES string of the molecule is O=S1(=Nc2cc(Cl)ccc2F)CCC1. The Labute approximate surface area is 87.3 Å². The van der Waals surface area contributed by atoms with Gasteiger partial charge in [-0.3, -0.25) is 0 Å². The van der Waals surface area contributed by atoms with Gasteiger partial charge in [0.2, 0.25) is 0 Å². The number of nitrogens with zero attached hydrogens (tertiary/aromatic N) is 1. The molecule has 1 fully saturated rings. The molecule has 0 amide bonds. The molecule has 1 aromatic carbocycles. The molecular formula is C9H9ClFNOS.